The molecule has 0 spiro atoms. The van der Waals surface area contributed by atoms with E-state index in [9.17, 15) is 28.0 Å². The van der Waals surface area contributed by atoms with Crippen LogP contribution in [0, 0.1) is 11.3 Å². The first-order chi connectivity index (χ1) is 17.1. The molecule has 1 aliphatic heterocycles. The van der Waals surface area contributed by atoms with Crippen LogP contribution in [0.25, 0.3) is 0 Å². The van der Waals surface area contributed by atoms with Gasteiger partial charge in [-0.15, -0.1) is 0 Å². The number of esters is 2. The van der Waals surface area contributed by atoms with Crippen LogP contribution >= 0.6 is 0 Å². The Balaban J connectivity index is 2.48. The summed E-state index contributed by atoms with van der Waals surface area (Å²) in [4.78, 5) is 27.0. The lowest BCUT2D eigenvalue weighted by atomic mass is 9.81. The number of allylic oxidation sites excluding steroid dienone is 1. The summed E-state index contributed by atoms with van der Waals surface area (Å²) in [6.45, 7) is 1.68. The number of hydrogen-bond donors (Lipinski definition) is 1. The number of nitrogens with two attached hydrogens (primary N) is 1. The Morgan fingerprint density at radius 3 is 2.25 bits per heavy atom. The average molecular weight is 501 g/mol. The molecule has 11 heteroatoms. The fourth-order valence-electron chi connectivity index (χ4n) is 3.91. The van der Waals surface area contributed by atoms with Gasteiger partial charge in [0, 0.05) is 0 Å². The molecule has 1 heterocycles. The lowest BCUT2D eigenvalue weighted by Crippen LogP contribution is -2.41. The van der Waals surface area contributed by atoms with Crippen molar-refractivity contribution in [3.63, 3.8) is 0 Å². The second-order valence-corrected chi connectivity index (χ2v) is 7.45. The van der Waals surface area contributed by atoms with Gasteiger partial charge in [-0.1, -0.05) is 30.3 Å². The maximum absolute atomic E-state index is 13.6. The van der Waals surface area contributed by atoms with Crippen molar-refractivity contribution in [2.24, 2.45) is 5.73 Å². The zero-order valence-electron chi connectivity index (χ0n) is 19.6. The SMILES string of the molecule is CCOc1ccc(C(F)(F)F)cc1N1C(N)=C(C#N)C(c2ccccc2)C(C(=O)OC)=C1C(=O)OC. The zero-order chi connectivity index (χ0) is 26.6. The van der Waals surface area contributed by atoms with Gasteiger partial charge in [-0.3, -0.25) is 4.90 Å². The molecular weight excluding hydrogens is 479 g/mol. The fourth-order valence-corrected chi connectivity index (χ4v) is 3.91. The summed E-state index contributed by atoms with van der Waals surface area (Å²) in [5.74, 6) is -3.69. The van der Waals surface area contributed by atoms with Crippen LogP contribution in [0.15, 0.2) is 71.2 Å². The van der Waals surface area contributed by atoms with Crippen molar-refractivity contribution in [1.82, 2.24) is 0 Å². The lowest BCUT2D eigenvalue weighted by molar-refractivity contribution is -0.139. The van der Waals surface area contributed by atoms with E-state index in [-0.39, 0.29) is 35.0 Å². The molecule has 0 amide bonds. The summed E-state index contributed by atoms with van der Waals surface area (Å²) < 4.78 is 56.2. The maximum Gasteiger partial charge on any atom is 0.416 e. The largest absolute Gasteiger partial charge is 0.492 e. The van der Waals surface area contributed by atoms with Gasteiger partial charge in [-0.25, -0.2) is 9.59 Å². The highest BCUT2D eigenvalue weighted by molar-refractivity contribution is 6.06. The second kappa shape index (κ2) is 10.4. The summed E-state index contributed by atoms with van der Waals surface area (Å²) in [6.07, 6.45) is -4.75. The molecule has 8 nitrogen and oxygen atoms in total. The number of carbonyl (C=O) groups is 2. The van der Waals surface area contributed by atoms with E-state index in [1.165, 1.54) is 0 Å². The van der Waals surface area contributed by atoms with Gasteiger partial charge in [-0.05, 0) is 30.7 Å². The van der Waals surface area contributed by atoms with E-state index in [4.69, 9.17) is 19.9 Å². The quantitative estimate of drug-likeness (QED) is 0.591. The molecule has 1 aliphatic rings. The third-order valence-electron chi connectivity index (χ3n) is 5.44. The lowest BCUT2D eigenvalue weighted by Gasteiger charge is -2.36. The first-order valence-corrected chi connectivity index (χ1v) is 10.6. The number of methoxy groups -OCH3 is 2. The third kappa shape index (κ3) is 4.70. The van der Waals surface area contributed by atoms with Gasteiger partial charge in [-0.2, -0.15) is 18.4 Å². The van der Waals surface area contributed by atoms with Gasteiger partial charge in [0.2, 0.25) is 0 Å². The third-order valence-corrected chi connectivity index (χ3v) is 5.44. The summed E-state index contributed by atoms with van der Waals surface area (Å²) in [6, 6.07) is 12.8. The van der Waals surface area contributed by atoms with Crippen molar-refractivity contribution in [2.75, 3.05) is 25.7 Å². The molecule has 3 rings (SSSR count). The summed E-state index contributed by atoms with van der Waals surface area (Å²) in [7, 11) is 2.11. The molecule has 0 fully saturated rings. The van der Waals surface area contributed by atoms with Crippen molar-refractivity contribution in [3.05, 3.63) is 82.3 Å². The summed E-state index contributed by atoms with van der Waals surface area (Å²) >= 11 is 0. The van der Waals surface area contributed by atoms with Gasteiger partial charge in [0.25, 0.3) is 0 Å². The molecule has 188 valence electrons. The zero-order valence-corrected chi connectivity index (χ0v) is 19.6. The number of alkyl halides is 3. The van der Waals surface area contributed by atoms with Gasteiger partial charge < -0.3 is 19.9 Å². The van der Waals surface area contributed by atoms with Gasteiger partial charge in [0.1, 0.15) is 17.3 Å². The number of benzene rings is 2. The monoisotopic (exact) mass is 501 g/mol. The highest BCUT2D eigenvalue weighted by atomic mass is 19.4. The number of anilines is 1. The summed E-state index contributed by atoms with van der Waals surface area (Å²) in [5.41, 5.74) is 4.37. The number of rotatable bonds is 6. The van der Waals surface area contributed by atoms with E-state index < -0.39 is 35.3 Å². The van der Waals surface area contributed by atoms with Crippen molar-refractivity contribution < 1.29 is 37.0 Å². The van der Waals surface area contributed by atoms with Crippen molar-refractivity contribution in [3.8, 4) is 11.8 Å². The highest BCUT2D eigenvalue weighted by Gasteiger charge is 2.44. The molecule has 0 saturated carbocycles. The number of hydrogen-bond acceptors (Lipinski definition) is 8. The molecule has 0 radical (unpaired) electrons. The molecule has 0 aliphatic carbocycles. The van der Waals surface area contributed by atoms with E-state index in [2.05, 4.69) is 0 Å². The van der Waals surface area contributed by atoms with Crippen LogP contribution in [0.1, 0.15) is 24.0 Å². The van der Waals surface area contributed by atoms with E-state index in [1.807, 2.05) is 6.07 Å². The van der Waals surface area contributed by atoms with E-state index in [0.29, 0.717) is 11.6 Å². The first-order valence-electron chi connectivity index (χ1n) is 10.6. The minimum Gasteiger partial charge on any atom is -0.492 e. The van der Waals surface area contributed by atoms with Gasteiger partial charge in [0.05, 0.1) is 55.2 Å². The molecule has 2 aromatic rings. The number of nitriles is 1. The fraction of sp³-hybridized carbons (Fsp3) is 0.240. The van der Waals surface area contributed by atoms with E-state index >= 15 is 0 Å². The molecule has 36 heavy (non-hydrogen) atoms. The Labute approximate surface area is 205 Å². The number of carbonyl (C=O) groups excluding carboxylic acids is 2. The van der Waals surface area contributed by atoms with Crippen LogP contribution in [0.4, 0.5) is 18.9 Å². The van der Waals surface area contributed by atoms with Crippen LogP contribution in [-0.2, 0) is 25.2 Å². The molecular formula is C25H22F3N3O5. The molecule has 2 aromatic carbocycles. The molecule has 0 bridgehead atoms. The Hall–Kier alpha value is -4.46. The average Bonchev–Trinajstić information content (AvgIpc) is 2.87. The number of nitrogens with zero attached hydrogens (tertiary/aromatic N) is 2. The van der Waals surface area contributed by atoms with Gasteiger partial charge >= 0.3 is 18.1 Å². The van der Waals surface area contributed by atoms with Crippen LogP contribution in [-0.4, -0.2) is 32.8 Å². The minimum absolute atomic E-state index is 0.0642. The van der Waals surface area contributed by atoms with Crippen LogP contribution in [0.5, 0.6) is 5.75 Å². The van der Waals surface area contributed by atoms with Crippen LogP contribution < -0.4 is 15.4 Å². The summed E-state index contributed by atoms with van der Waals surface area (Å²) in [5, 5.41) is 10.1. The molecule has 1 unspecified atom stereocenters. The topological polar surface area (TPSA) is 115 Å². The highest BCUT2D eigenvalue weighted by Crippen LogP contribution is 2.46. The Kier molecular flexibility index (Phi) is 7.58. The standard InChI is InChI=1S/C25H22F3N3O5/c1-4-36-18-11-10-15(25(26,27)28)12-17(18)31-21(24(33)35-3)20(23(32)34-2)19(16(13-29)22(31)30)14-8-6-5-7-9-14/h5-12,19H,4,30H2,1-3H3. The van der Waals surface area contributed by atoms with E-state index in [0.717, 1.165) is 31.3 Å². The molecule has 2 N–H and O–H groups in total. The normalized spacial score (nSPS) is 15.9. The number of halogens is 3. The first kappa shape index (κ1) is 26.2. The smallest absolute Gasteiger partial charge is 0.416 e. The van der Waals surface area contributed by atoms with E-state index in [1.54, 1.807) is 37.3 Å². The predicted octanol–water partition coefficient (Wildman–Crippen LogP) is 4.00. The van der Waals surface area contributed by atoms with Gasteiger partial charge in [0.15, 0.2) is 0 Å². The van der Waals surface area contributed by atoms with Crippen molar-refractivity contribution in [1.29, 1.82) is 5.26 Å². The van der Waals surface area contributed by atoms with Crippen molar-refractivity contribution >= 4 is 17.6 Å². The second-order valence-electron chi connectivity index (χ2n) is 7.45. The Bertz CT molecular complexity index is 1280. The molecule has 1 atom stereocenters. The predicted molar refractivity (Wildman–Crippen MR) is 122 cm³/mol. The Morgan fingerprint density at radius 1 is 1.08 bits per heavy atom. The molecule has 0 saturated heterocycles. The minimum atomic E-state index is -4.75. The maximum atomic E-state index is 13.6. The number of ether oxygens (including phenoxy) is 3. The van der Waals surface area contributed by atoms with Crippen LogP contribution in [0.3, 0.4) is 0 Å². The van der Waals surface area contributed by atoms with Crippen LogP contribution in [0.2, 0.25) is 0 Å². The Morgan fingerprint density at radius 2 is 1.72 bits per heavy atom. The van der Waals surface area contributed by atoms with Crippen molar-refractivity contribution in [2.45, 2.75) is 19.0 Å². The molecule has 0 aromatic heterocycles.